The third-order valence-electron chi connectivity index (χ3n) is 2.58. The summed E-state index contributed by atoms with van der Waals surface area (Å²) in [6.07, 6.45) is 2.15. The molecule has 0 aliphatic heterocycles. The van der Waals surface area contributed by atoms with E-state index < -0.39 is 0 Å². The zero-order valence-corrected chi connectivity index (χ0v) is 10.2. The minimum Gasteiger partial charge on any atom is -0.468 e. The molecule has 0 aromatic heterocycles. The first-order chi connectivity index (χ1) is 7.52. The summed E-state index contributed by atoms with van der Waals surface area (Å²) in [5.74, 6) is -0.326. The number of amides is 1. The molecule has 0 spiro atoms. The standard InChI is InChI=1S/C11H20N2O3/c1-8(2)13(7-11(15)16-3)6-10(14)12-9-4-5-9/h8-9H,4-7H2,1-3H3,(H,12,14). The van der Waals surface area contributed by atoms with E-state index in [-0.39, 0.29) is 31.0 Å². The molecule has 0 radical (unpaired) electrons. The first kappa shape index (κ1) is 13.0. The molecule has 1 aliphatic carbocycles. The van der Waals surface area contributed by atoms with Gasteiger partial charge in [0.05, 0.1) is 20.2 Å². The van der Waals surface area contributed by atoms with Gasteiger partial charge in [-0.1, -0.05) is 0 Å². The summed E-state index contributed by atoms with van der Waals surface area (Å²) in [6, 6.07) is 0.503. The van der Waals surface area contributed by atoms with E-state index >= 15 is 0 Å². The highest BCUT2D eigenvalue weighted by Crippen LogP contribution is 2.18. The molecule has 5 heteroatoms. The van der Waals surface area contributed by atoms with Gasteiger partial charge in [-0.05, 0) is 26.7 Å². The molecule has 1 N–H and O–H groups in total. The molecular weight excluding hydrogens is 208 g/mol. The Labute approximate surface area is 96.1 Å². The Kier molecular flexibility index (Phi) is 4.73. The Hall–Kier alpha value is -1.10. The lowest BCUT2D eigenvalue weighted by molar-refractivity contribution is -0.142. The van der Waals surface area contributed by atoms with E-state index in [0.29, 0.717) is 6.04 Å². The second kappa shape index (κ2) is 5.84. The van der Waals surface area contributed by atoms with Crippen LogP contribution in [0.25, 0.3) is 0 Å². The summed E-state index contributed by atoms with van der Waals surface area (Å²) >= 11 is 0. The zero-order valence-electron chi connectivity index (χ0n) is 10.2. The molecule has 1 amide bonds. The summed E-state index contributed by atoms with van der Waals surface area (Å²) in [7, 11) is 1.35. The van der Waals surface area contributed by atoms with E-state index in [2.05, 4.69) is 10.1 Å². The van der Waals surface area contributed by atoms with Crippen molar-refractivity contribution in [3.8, 4) is 0 Å². The molecule has 0 bridgehead atoms. The van der Waals surface area contributed by atoms with E-state index in [9.17, 15) is 9.59 Å². The number of hydrogen-bond acceptors (Lipinski definition) is 4. The van der Waals surface area contributed by atoms with Crippen LogP contribution in [-0.4, -0.2) is 49.1 Å². The maximum atomic E-state index is 11.6. The molecule has 0 saturated heterocycles. The van der Waals surface area contributed by atoms with Crippen LogP contribution >= 0.6 is 0 Å². The molecule has 1 rings (SSSR count). The van der Waals surface area contributed by atoms with Crippen LogP contribution in [0.3, 0.4) is 0 Å². The van der Waals surface area contributed by atoms with Gasteiger partial charge in [0.2, 0.25) is 5.91 Å². The molecule has 0 aromatic carbocycles. The van der Waals surface area contributed by atoms with Gasteiger partial charge in [0.15, 0.2) is 0 Å². The van der Waals surface area contributed by atoms with Crippen LogP contribution in [0.1, 0.15) is 26.7 Å². The number of rotatable bonds is 6. The first-order valence-electron chi connectivity index (χ1n) is 5.63. The summed E-state index contributed by atoms with van der Waals surface area (Å²) in [5.41, 5.74) is 0. The van der Waals surface area contributed by atoms with E-state index in [0.717, 1.165) is 12.8 Å². The average molecular weight is 228 g/mol. The quantitative estimate of drug-likeness (QED) is 0.657. The summed E-state index contributed by atoms with van der Waals surface area (Å²) in [4.78, 5) is 24.5. The van der Waals surface area contributed by atoms with Crippen molar-refractivity contribution >= 4 is 11.9 Å². The number of methoxy groups -OCH3 is 1. The zero-order chi connectivity index (χ0) is 12.1. The minimum absolute atomic E-state index is 0.0138. The van der Waals surface area contributed by atoms with E-state index in [1.165, 1.54) is 7.11 Å². The highest BCUT2D eigenvalue weighted by Gasteiger charge is 2.25. The van der Waals surface area contributed by atoms with Crippen molar-refractivity contribution in [2.45, 2.75) is 38.8 Å². The number of carbonyl (C=O) groups excluding carboxylic acids is 2. The Balaban J connectivity index is 2.36. The second-order valence-electron chi connectivity index (χ2n) is 4.42. The van der Waals surface area contributed by atoms with Gasteiger partial charge in [0.1, 0.15) is 0 Å². The summed E-state index contributed by atoms with van der Waals surface area (Å²) in [6.45, 7) is 4.32. The SMILES string of the molecule is COC(=O)CN(CC(=O)NC1CC1)C(C)C. The Morgan fingerprint density at radius 3 is 2.44 bits per heavy atom. The van der Waals surface area contributed by atoms with Gasteiger partial charge in [0, 0.05) is 12.1 Å². The van der Waals surface area contributed by atoms with Crippen LogP contribution in [-0.2, 0) is 14.3 Å². The lowest BCUT2D eigenvalue weighted by atomic mass is 10.3. The van der Waals surface area contributed by atoms with Crippen molar-refractivity contribution in [3.63, 3.8) is 0 Å². The third kappa shape index (κ3) is 4.61. The molecule has 0 aromatic rings. The molecule has 1 aliphatic rings. The largest absolute Gasteiger partial charge is 0.468 e. The van der Waals surface area contributed by atoms with Gasteiger partial charge < -0.3 is 10.1 Å². The molecule has 1 saturated carbocycles. The highest BCUT2D eigenvalue weighted by atomic mass is 16.5. The van der Waals surface area contributed by atoms with Crippen molar-refractivity contribution in [1.29, 1.82) is 0 Å². The maximum absolute atomic E-state index is 11.6. The fraction of sp³-hybridized carbons (Fsp3) is 0.818. The normalized spacial score (nSPS) is 15.3. The van der Waals surface area contributed by atoms with Crippen LogP contribution in [0.15, 0.2) is 0 Å². The molecular formula is C11H20N2O3. The number of nitrogens with zero attached hydrogens (tertiary/aromatic N) is 1. The molecule has 92 valence electrons. The topological polar surface area (TPSA) is 58.6 Å². The molecule has 0 heterocycles. The molecule has 16 heavy (non-hydrogen) atoms. The van der Waals surface area contributed by atoms with E-state index in [4.69, 9.17) is 0 Å². The first-order valence-corrected chi connectivity index (χ1v) is 5.63. The van der Waals surface area contributed by atoms with E-state index in [1.54, 1.807) is 4.90 Å². The molecule has 0 atom stereocenters. The Morgan fingerprint density at radius 2 is 2.00 bits per heavy atom. The molecule has 0 unspecified atom stereocenters. The smallest absolute Gasteiger partial charge is 0.319 e. The van der Waals surface area contributed by atoms with Gasteiger partial charge >= 0.3 is 5.97 Å². The van der Waals surface area contributed by atoms with Crippen molar-refractivity contribution < 1.29 is 14.3 Å². The van der Waals surface area contributed by atoms with Crippen LogP contribution in [0.2, 0.25) is 0 Å². The average Bonchev–Trinajstić information content (AvgIpc) is 3.00. The summed E-state index contributed by atoms with van der Waals surface area (Å²) in [5, 5.41) is 2.90. The number of ether oxygens (including phenoxy) is 1. The van der Waals surface area contributed by atoms with Gasteiger partial charge in [-0.25, -0.2) is 0 Å². The van der Waals surface area contributed by atoms with Gasteiger partial charge in [-0.3, -0.25) is 14.5 Å². The Morgan fingerprint density at radius 1 is 1.38 bits per heavy atom. The van der Waals surface area contributed by atoms with Crippen LogP contribution in [0, 0.1) is 0 Å². The van der Waals surface area contributed by atoms with Crippen molar-refractivity contribution in [3.05, 3.63) is 0 Å². The fourth-order valence-electron chi connectivity index (χ4n) is 1.34. The maximum Gasteiger partial charge on any atom is 0.319 e. The van der Waals surface area contributed by atoms with Crippen molar-refractivity contribution in [2.24, 2.45) is 0 Å². The van der Waals surface area contributed by atoms with Crippen LogP contribution in [0.4, 0.5) is 0 Å². The van der Waals surface area contributed by atoms with Crippen molar-refractivity contribution in [1.82, 2.24) is 10.2 Å². The fourth-order valence-corrected chi connectivity index (χ4v) is 1.34. The number of carbonyl (C=O) groups is 2. The summed E-state index contributed by atoms with van der Waals surface area (Å²) < 4.78 is 4.59. The molecule has 1 fully saturated rings. The van der Waals surface area contributed by atoms with Gasteiger partial charge in [-0.2, -0.15) is 0 Å². The predicted octanol–water partition coefficient (Wildman–Crippen LogP) is 0.148. The predicted molar refractivity (Wildman–Crippen MR) is 59.9 cm³/mol. The third-order valence-corrected chi connectivity index (χ3v) is 2.58. The van der Waals surface area contributed by atoms with Gasteiger partial charge in [0.25, 0.3) is 0 Å². The Bertz CT molecular complexity index is 262. The number of esters is 1. The lowest BCUT2D eigenvalue weighted by Gasteiger charge is -2.24. The van der Waals surface area contributed by atoms with Crippen LogP contribution in [0.5, 0.6) is 0 Å². The van der Waals surface area contributed by atoms with Crippen LogP contribution < -0.4 is 5.32 Å². The van der Waals surface area contributed by atoms with E-state index in [1.807, 2.05) is 13.8 Å². The molecule has 5 nitrogen and oxygen atoms in total. The second-order valence-corrected chi connectivity index (χ2v) is 4.42. The lowest BCUT2D eigenvalue weighted by Crippen LogP contribution is -2.44. The monoisotopic (exact) mass is 228 g/mol. The number of nitrogens with one attached hydrogen (secondary N) is 1. The highest BCUT2D eigenvalue weighted by molar-refractivity contribution is 5.79. The van der Waals surface area contributed by atoms with Gasteiger partial charge in [-0.15, -0.1) is 0 Å². The number of hydrogen-bond donors (Lipinski definition) is 1. The van der Waals surface area contributed by atoms with Crippen molar-refractivity contribution in [2.75, 3.05) is 20.2 Å². The minimum atomic E-state index is -0.312.